The Bertz CT molecular complexity index is 1430. The van der Waals surface area contributed by atoms with Gasteiger partial charge in [-0.05, 0) is 25.0 Å². The maximum atomic E-state index is 12.4. The molecule has 0 radical (unpaired) electrons. The fraction of sp³-hybridized carbons (Fsp3) is 0.250. The third-order valence-corrected chi connectivity index (χ3v) is 7.26. The lowest BCUT2D eigenvalue weighted by Gasteiger charge is -2.40. The molecule has 2 aromatic carbocycles. The van der Waals surface area contributed by atoms with Crippen molar-refractivity contribution in [3.05, 3.63) is 63.8 Å². The first-order chi connectivity index (χ1) is 16.8. The second kappa shape index (κ2) is 8.99. The summed E-state index contributed by atoms with van der Waals surface area (Å²) in [6.07, 6.45) is 1.29. The number of para-hydroxylation sites is 1. The summed E-state index contributed by atoms with van der Waals surface area (Å²) in [7, 11) is 1.64. The van der Waals surface area contributed by atoms with Gasteiger partial charge in [0.2, 0.25) is 5.95 Å². The molecule has 3 heterocycles. The van der Waals surface area contributed by atoms with Crippen molar-refractivity contribution in [2.45, 2.75) is 18.4 Å². The van der Waals surface area contributed by atoms with E-state index in [0.29, 0.717) is 64.2 Å². The van der Waals surface area contributed by atoms with Gasteiger partial charge in [-0.1, -0.05) is 53.5 Å². The van der Waals surface area contributed by atoms with Gasteiger partial charge in [-0.2, -0.15) is 10.1 Å². The summed E-state index contributed by atoms with van der Waals surface area (Å²) < 4.78 is 5.52. The van der Waals surface area contributed by atoms with Crippen LogP contribution in [0.4, 0.5) is 5.95 Å². The zero-order valence-corrected chi connectivity index (χ0v) is 20.4. The third-order valence-electron chi connectivity index (χ3n) is 6.44. The van der Waals surface area contributed by atoms with Crippen molar-refractivity contribution in [2.75, 3.05) is 25.1 Å². The maximum absolute atomic E-state index is 12.4. The van der Waals surface area contributed by atoms with Crippen molar-refractivity contribution >= 4 is 46.1 Å². The minimum atomic E-state index is -0.696. The van der Waals surface area contributed by atoms with Crippen LogP contribution in [0.15, 0.2) is 42.5 Å². The highest BCUT2D eigenvalue weighted by Crippen LogP contribution is 2.39. The maximum Gasteiger partial charge on any atom is 0.268 e. The molecular formula is C24H23Cl2N7O2. The zero-order valence-electron chi connectivity index (χ0n) is 18.9. The quantitative estimate of drug-likeness (QED) is 0.369. The number of ether oxygens (including phenoxy) is 1. The van der Waals surface area contributed by atoms with E-state index < -0.39 is 11.4 Å². The number of benzene rings is 2. The van der Waals surface area contributed by atoms with E-state index in [9.17, 15) is 4.79 Å². The average Bonchev–Trinajstić information content (AvgIpc) is 3.29. The van der Waals surface area contributed by atoms with Gasteiger partial charge >= 0.3 is 0 Å². The second-order valence-corrected chi connectivity index (χ2v) is 9.26. The number of nitrogens with one attached hydrogen (secondary N) is 1. The minimum Gasteiger partial charge on any atom is -0.496 e. The number of halogens is 2. The molecule has 0 bridgehead atoms. The van der Waals surface area contributed by atoms with Gasteiger partial charge in [0.05, 0.1) is 28.2 Å². The highest BCUT2D eigenvalue weighted by Gasteiger charge is 2.36. The number of anilines is 1. The molecule has 0 spiro atoms. The monoisotopic (exact) mass is 511 g/mol. The molecule has 1 amide bonds. The number of carbonyl (C=O) groups excluding carboxylic acids is 1. The second-order valence-electron chi connectivity index (χ2n) is 8.48. The van der Waals surface area contributed by atoms with Crippen molar-refractivity contribution < 1.29 is 9.53 Å². The summed E-state index contributed by atoms with van der Waals surface area (Å²) in [5.41, 5.74) is 14.3. The number of hydrogen-bond donors (Lipinski definition) is 3. The molecule has 0 atom stereocenters. The summed E-state index contributed by atoms with van der Waals surface area (Å²) in [6.45, 7) is 1.16. The minimum absolute atomic E-state index is 0.0547. The predicted molar refractivity (Wildman–Crippen MR) is 136 cm³/mol. The topological polar surface area (TPSA) is 136 Å². The number of fused-ring (bicyclic) bond motifs is 1. The lowest BCUT2D eigenvalue weighted by atomic mass is 9.81. The van der Waals surface area contributed by atoms with E-state index in [2.05, 4.69) is 20.2 Å². The van der Waals surface area contributed by atoms with Crippen LogP contribution in [-0.4, -0.2) is 46.3 Å². The number of hydrogen-bond acceptors (Lipinski definition) is 7. The first kappa shape index (κ1) is 23.3. The molecule has 0 saturated carbocycles. The summed E-state index contributed by atoms with van der Waals surface area (Å²) in [6, 6.07) is 13.0. The summed E-state index contributed by atoms with van der Waals surface area (Å²) >= 11 is 12.6. The van der Waals surface area contributed by atoms with E-state index in [-0.39, 0.29) is 5.69 Å². The van der Waals surface area contributed by atoms with Crippen molar-refractivity contribution in [2.24, 2.45) is 11.5 Å². The molecule has 1 aliphatic rings. The van der Waals surface area contributed by atoms with E-state index >= 15 is 0 Å². The van der Waals surface area contributed by atoms with Crippen molar-refractivity contribution in [3.63, 3.8) is 0 Å². The Morgan fingerprint density at radius 3 is 2.57 bits per heavy atom. The van der Waals surface area contributed by atoms with Crippen LogP contribution < -0.4 is 21.1 Å². The molecule has 180 valence electrons. The molecule has 9 nitrogen and oxygen atoms in total. The van der Waals surface area contributed by atoms with Crippen LogP contribution in [0, 0.1) is 0 Å². The molecule has 0 aliphatic carbocycles. The van der Waals surface area contributed by atoms with Gasteiger partial charge in [-0.3, -0.25) is 9.89 Å². The lowest BCUT2D eigenvalue weighted by Crippen LogP contribution is -2.48. The van der Waals surface area contributed by atoms with Crippen LogP contribution in [0.25, 0.3) is 22.3 Å². The summed E-state index contributed by atoms with van der Waals surface area (Å²) in [4.78, 5) is 23.5. The number of methoxy groups -OCH3 is 1. The normalized spacial score (nSPS) is 15.4. The highest BCUT2D eigenvalue weighted by atomic mass is 35.5. The standard InChI is InChI=1S/C24H23Cl2N7O2/c1-35-16-8-3-2-6-14(16)24(28)9-11-33(12-10-24)23-29-20(21(27)34)17-19(31-32-22(17)30-23)13-5-4-7-15(25)18(13)26/h2-8H,9-12,28H2,1H3,(H2,27,34)(H,29,30,31,32). The first-order valence-electron chi connectivity index (χ1n) is 11.0. The fourth-order valence-electron chi connectivity index (χ4n) is 4.56. The van der Waals surface area contributed by atoms with Gasteiger partial charge in [0.1, 0.15) is 11.4 Å². The van der Waals surface area contributed by atoms with Gasteiger partial charge in [0.25, 0.3) is 5.91 Å². The van der Waals surface area contributed by atoms with Crippen molar-refractivity contribution in [1.29, 1.82) is 0 Å². The van der Waals surface area contributed by atoms with Crippen LogP contribution in [0.2, 0.25) is 10.0 Å². The van der Waals surface area contributed by atoms with Crippen LogP contribution >= 0.6 is 23.2 Å². The SMILES string of the molecule is COc1ccccc1C1(N)CCN(c2nc(C(N)=O)c3c(-c4cccc(Cl)c4Cl)[nH]nc3n2)CC1. The molecular weight excluding hydrogens is 489 g/mol. The van der Waals surface area contributed by atoms with E-state index in [4.69, 9.17) is 39.4 Å². The highest BCUT2D eigenvalue weighted by molar-refractivity contribution is 6.43. The number of primary amides is 1. The molecule has 1 saturated heterocycles. The third kappa shape index (κ3) is 4.05. The summed E-state index contributed by atoms with van der Waals surface area (Å²) in [5.74, 6) is 0.433. The van der Waals surface area contributed by atoms with Crippen molar-refractivity contribution in [3.8, 4) is 17.0 Å². The van der Waals surface area contributed by atoms with Gasteiger partial charge in [0, 0.05) is 29.8 Å². The average molecular weight is 512 g/mol. The van der Waals surface area contributed by atoms with E-state index in [1.165, 1.54) is 0 Å². The Balaban J connectivity index is 1.50. The first-order valence-corrected chi connectivity index (χ1v) is 11.8. The van der Waals surface area contributed by atoms with Crippen LogP contribution in [0.3, 0.4) is 0 Å². The number of rotatable bonds is 5. The van der Waals surface area contributed by atoms with Crippen molar-refractivity contribution in [1.82, 2.24) is 20.2 Å². The number of carbonyl (C=O) groups is 1. The molecule has 35 heavy (non-hydrogen) atoms. The molecule has 11 heteroatoms. The molecule has 1 fully saturated rings. The molecule has 1 aliphatic heterocycles. The molecule has 2 aromatic heterocycles. The van der Waals surface area contributed by atoms with Gasteiger partial charge in [-0.25, -0.2) is 4.98 Å². The fourth-order valence-corrected chi connectivity index (χ4v) is 4.95. The van der Waals surface area contributed by atoms with E-state index in [0.717, 1.165) is 11.3 Å². The number of aromatic amines is 1. The van der Waals surface area contributed by atoms with Gasteiger partial charge in [0.15, 0.2) is 5.65 Å². The molecule has 0 unspecified atom stereocenters. The molecule has 4 aromatic rings. The van der Waals surface area contributed by atoms with Crippen LogP contribution in [0.5, 0.6) is 5.75 Å². The predicted octanol–water partition coefficient (Wildman–Crippen LogP) is 3.89. The number of nitrogens with zero attached hydrogens (tertiary/aromatic N) is 4. The van der Waals surface area contributed by atoms with E-state index in [1.54, 1.807) is 25.3 Å². The largest absolute Gasteiger partial charge is 0.496 e. The Kier molecular flexibility index (Phi) is 6.00. The van der Waals surface area contributed by atoms with Gasteiger partial charge in [-0.15, -0.1) is 0 Å². The number of H-pyrrole nitrogens is 1. The zero-order chi connectivity index (χ0) is 24.7. The Labute approximate surface area is 211 Å². The van der Waals surface area contributed by atoms with Crippen LogP contribution in [0.1, 0.15) is 28.9 Å². The van der Waals surface area contributed by atoms with Gasteiger partial charge < -0.3 is 21.1 Å². The van der Waals surface area contributed by atoms with E-state index in [1.807, 2.05) is 29.2 Å². The molecule has 5 N–H and O–H groups in total. The van der Waals surface area contributed by atoms with Crippen LogP contribution in [-0.2, 0) is 5.54 Å². The number of nitrogens with two attached hydrogens (primary N) is 2. The number of aromatic nitrogens is 4. The summed E-state index contributed by atoms with van der Waals surface area (Å²) in [5, 5.41) is 8.32. The number of amides is 1. The Morgan fingerprint density at radius 1 is 1.11 bits per heavy atom. The smallest absolute Gasteiger partial charge is 0.268 e. The Hall–Kier alpha value is -3.40. The lowest BCUT2D eigenvalue weighted by molar-refractivity contribution is 0.0997. The molecule has 5 rings (SSSR count). The Morgan fingerprint density at radius 2 is 1.86 bits per heavy atom. The number of piperidine rings is 1.